The Morgan fingerprint density at radius 3 is 2.38 bits per heavy atom. The molecule has 13 heavy (non-hydrogen) atoms. The first-order valence-electron chi connectivity index (χ1n) is 4.51. The molecule has 1 aliphatic rings. The first-order chi connectivity index (χ1) is 6.14. The van der Waals surface area contributed by atoms with E-state index < -0.39 is 11.5 Å². The number of likely N-dealkylation sites (tertiary alicyclic amines) is 1. The Hall–Kier alpha value is -0.650. The van der Waals surface area contributed by atoms with Crippen LogP contribution in [0.5, 0.6) is 0 Å². The minimum absolute atomic E-state index is 0.451. The predicted molar refractivity (Wildman–Crippen MR) is 46.6 cm³/mol. The second-order valence-corrected chi connectivity index (χ2v) is 3.43. The second-order valence-electron chi connectivity index (χ2n) is 3.43. The highest BCUT2D eigenvalue weighted by Gasteiger charge is 2.40. The summed E-state index contributed by atoms with van der Waals surface area (Å²) in [4.78, 5) is 13.0. The lowest BCUT2D eigenvalue weighted by atomic mass is 9.88. The van der Waals surface area contributed by atoms with Crippen molar-refractivity contribution in [3.8, 4) is 0 Å². The number of nitrogens with one attached hydrogen (secondary N) is 1. The lowest BCUT2D eigenvalue weighted by Gasteiger charge is -2.37. The molecule has 0 spiro atoms. The summed E-state index contributed by atoms with van der Waals surface area (Å²) in [7, 11) is 0. The van der Waals surface area contributed by atoms with Crippen LogP contribution in [0.2, 0.25) is 0 Å². The summed E-state index contributed by atoms with van der Waals surface area (Å²) in [5.41, 5.74) is 0.816. The fourth-order valence-corrected chi connectivity index (χ4v) is 1.62. The number of carboxylic acid groups (broad SMARTS) is 1. The normalized spacial score (nSPS) is 22.9. The number of hydrogen-bond acceptors (Lipinski definition) is 4. The van der Waals surface area contributed by atoms with E-state index in [9.17, 15) is 4.79 Å². The van der Waals surface area contributed by atoms with Crippen molar-refractivity contribution in [2.24, 2.45) is 0 Å². The van der Waals surface area contributed by atoms with Crippen LogP contribution in [0.3, 0.4) is 0 Å². The smallest absolute Gasteiger partial charge is 0.326 e. The highest BCUT2D eigenvalue weighted by atomic mass is 16.5. The van der Waals surface area contributed by atoms with Gasteiger partial charge in [0.25, 0.3) is 0 Å². The molecule has 0 aromatic heterocycles. The van der Waals surface area contributed by atoms with Gasteiger partial charge in [0.05, 0.1) is 0 Å². The zero-order valence-corrected chi connectivity index (χ0v) is 7.79. The van der Waals surface area contributed by atoms with Crippen molar-refractivity contribution in [3.05, 3.63) is 0 Å². The van der Waals surface area contributed by atoms with Crippen LogP contribution in [0.25, 0.3) is 0 Å². The van der Waals surface area contributed by atoms with Gasteiger partial charge in [-0.05, 0) is 19.4 Å². The number of piperidine rings is 1. The zero-order chi connectivity index (χ0) is 9.90. The first-order valence-corrected chi connectivity index (χ1v) is 4.51. The van der Waals surface area contributed by atoms with Crippen molar-refractivity contribution in [3.63, 3.8) is 0 Å². The molecule has 5 nitrogen and oxygen atoms in total. The van der Waals surface area contributed by atoms with Crippen molar-refractivity contribution in [2.45, 2.75) is 25.3 Å². The van der Waals surface area contributed by atoms with Crippen molar-refractivity contribution < 1.29 is 15.1 Å². The maximum atomic E-state index is 10.9. The summed E-state index contributed by atoms with van der Waals surface area (Å²) in [6.45, 7) is 4.41. The van der Waals surface area contributed by atoms with Crippen molar-refractivity contribution in [1.29, 1.82) is 0 Å². The number of hydrogen-bond donors (Lipinski definition) is 3. The Kier molecular flexibility index (Phi) is 3.24. The van der Waals surface area contributed by atoms with E-state index >= 15 is 0 Å². The number of hydroxylamine groups is 1. The highest BCUT2D eigenvalue weighted by Crippen LogP contribution is 2.21. The molecule has 0 saturated carbocycles. The zero-order valence-electron chi connectivity index (χ0n) is 7.79. The fraction of sp³-hybridized carbons (Fsp3) is 0.875. The molecule has 0 aromatic carbocycles. The standard InChI is InChI=1S/C8H16N2O3/c1-2-10-5-3-8(9-13,4-6-10)7(11)12/h9,13H,2-6H2,1H3,(H,11,12). The predicted octanol–water partition coefficient (Wildman–Crippen LogP) is -0.0957. The molecule has 0 bridgehead atoms. The van der Waals surface area contributed by atoms with Crippen LogP contribution in [0.1, 0.15) is 19.8 Å². The molecule has 76 valence electrons. The number of rotatable bonds is 3. The Balaban J connectivity index is 2.58. The number of nitrogens with zero attached hydrogens (tertiary/aromatic N) is 1. The van der Waals surface area contributed by atoms with E-state index in [1.165, 1.54) is 0 Å². The van der Waals surface area contributed by atoms with Gasteiger partial charge < -0.3 is 15.2 Å². The molecule has 0 aliphatic carbocycles. The minimum Gasteiger partial charge on any atom is -0.480 e. The lowest BCUT2D eigenvalue weighted by molar-refractivity contribution is -0.153. The van der Waals surface area contributed by atoms with Gasteiger partial charge in [0.1, 0.15) is 5.54 Å². The van der Waals surface area contributed by atoms with E-state index in [2.05, 4.69) is 4.90 Å². The van der Waals surface area contributed by atoms with Crippen LogP contribution in [0.4, 0.5) is 0 Å². The van der Waals surface area contributed by atoms with Crippen LogP contribution in [-0.2, 0) is 4.79 Å². The molecule has 5 heteroatoms. The Morgan fingerprint density at radius 1 is 1.54 bits per heavy atom. The van der Waals surface area contributed by atoms with E-state index in [-0.39, 0.29) is 0 Å². The Bertz CT molecular complexity index is 188. The Labute approximate surface area is 77.3 Å². The number of aliphatic carboxylic acids is 1. The summed E-state index contributed by atoms with van der Waals surface area (Å²) >= 11 is 0. The maximum Gasteiger partial charge on any atom is 0.326 e. The molecule has 0 amide bonds. The largest absolute Gasteiger partial charge is 0.480 e. The van der Waals surface area contributed by atoms with Gasteiger partial charge in [0.15, 0.2) is 0 Å². The van der Waals surface area contributed by atoms with Crippen LogP contribution < -0.4 is 5.48 Å². The van der Waals surface area contributed by atoms with Gasteiger partial charge in [-0.2, -0.15) is 5.48 Å². The molecular formula is C8H16N2O3. The third-order valence-electron chi connectivity index (χ3n) is 2.78. The Morgan fingerprint density at radius 2 is 2.08 bits per heavy atom. The van der Waals surface area contributed by atoms with E-state index in [1.54, 1.807) is 0 Å². The van der Waals surface area contributed by atoms with Crippen LogP contribution >= 0.6 is 0 Å². The summed E-state index contributed by atoms with van der Waals surface area (Å²) in [5, 5.41) is 17.7. The highest BCUT2D eigenvalue weighted by molar-refractivity contribution is 5.78. The fourth-order valence-electron chi connectivity index (χ4n) is 1.62. The second kappa shape index (κ2) is 4.04. The molecule has 3 N–H and O–H groups in total. The number of carboxylic acids is 1. The molecule has 0 aromatic rings. The van der Waals surface area contributed by atoms with E-state index in [4.69, 9.17) is 10.3 Å². The lowest BCUT2D eigenvalue weighted by Crippen LogP contribution is -2.57. The molecular weight excluding hydrogens is 172 g/mol. The van der Waals surface area contributed by atoms with Gasteiger partial charge in [0.2, 0.25) is 0 Å². The van der Waals surface area contributed by atoms with Gasteiger partial charge in [-0.1, -0.05) is 6.92 Å². The molecule has 0 radical (unpaired) electrons. The van der Waals surface area contributed by atoms with Gasteiger partial charge in [0, 0.05) is 13.1 Å². The van der Waals surface area contributed by atoms with Crippen LogP contribution in [0, 0.1) is 0 Å². The van der Waals surface area contributed by atoms with E-state index in [0.717, 1.165) is 19.6 Å². The van der Waals surface area contributed by atoms with E-state index in [0.29, 0.717) is 12.8 Å². The molecule has 1 fully saturated rings. The summed E-state index contributed by atoms with van der Waals surface area (Å²) in [6.07, 6.45) is 0.902. The van der Waals surface area contributed by atoms with Crippen molar-refractivity contribution in [1.82, 2.24) is 10.4 Å². The molecule has 0 unspecified atom stereocenters. The summed E-state index contributed by atoms with van der Waals surface area (Å²) < 4.78 is 0. The first kappa shape index (κ1) is 10.4. The third kappa shape index (κ3) is 1.99. The topological polar surface area (TPSA) is 72.8 Å². The summed E-state index contributed by atoms with van der Waals surface area (Å²) in [5.74, 6) is -0.967. The van der Waals surface area contributed by atoms with Crippen LogP contribution in [0.15, 0.2) is 0 Å². The minimum atomic E-state index is -1.12. The summed E-state index contributed by atoms with van der Waals surface area (Å²) in [6, 6.07) is 0. The van der Waals surface area contributed by atoms with Crippen molar-refractivity contribution in [2.75, 3.05) is 19.6 Å². The molecule has 1 heterocycles. The van der Waals surface area contributed by atoms with Gasteiger partial charge in [-0.15, -0.1) is 0 Å². The SMILES string of the molecule is CCN1CCC(NO)(C(=O)O)CC1. The third-order valence-corrected chi connectivity index (χ3v) is 2.78. The molecule has 1 aliphatic heterocycles. The molecule has 1 saturated heterocycles. The van der Waals surface area contributed by atoms with Crippen LogP contribution in [-0.4, -0.2) is 46.4 Å². The quantitative estimate of drug-likeness (QED) is 0.540. The van der Waals surface area contributed by atoms with E-state index in [1.807, 2.05) is 12.4 Å². The monoisotopic (exact) mass is 188 g/mol. The van der Waals surface area contributed by atoms with Crippen molar-refractivity contribution >= 4 is 5.97 Å². The maximum absolute atomic E-state index is 10.9. The van der Waals surface area contributed by atoms with Gasteiger partial charge in [-0.3, -0.25) is 4.79 Å². The average Bonchev–Trinajstić information content (AvgIpc) is 2.17. The molecule has 1 rings (SSSR count). The number of carbonyl (C=O) groups is 1. The average molecular weight is 188 g/mol. The molecule has 0 atom stereocenters. The van der Waals surface area contributed by atoms with Gasteiger partial charge >= 0.3 is 5.97 Å². The van der Waals surface area contributed by atoms with Gasteiger partial charge in [-0.25, -0.2) is 0 Å².